The zero-order valence-electron chi connectivity index (χ0n) is 10.8. The molecule has 2 aromatic rings. The molecule has 2 aromatic heterocycles. The number of hydrogen-bond acceptors (Lipinski definition) is 4. The van der Waals surface area contributed by atoms with E-state index in [0.717, 1.165) is 5.56 Å². The average Bonchev–Trinajstić information content (AvgIpc) is 2.45. The van der Waals surface area contributed by atoms with E-state index in [1.54, 1.807) is 6.07 Å². The summed E-state index contributed by atoms with van der Waals surface area (Å²) < 4.78 is 1.19. The summed E-state index contributed by atoms with van der Waals surface area (Å²) in [5.41, 5.74) is 0.859. The normalized spacial score (nSPS) is 9.32. The van der Waals surface area contributed by atoms with E-state index in [1.165, 1.54) is 18.5 Å². The first-order chi connectivity index (χ1) is 9.85. The van der Waals surface area contributed by atoms with Crippen LogP contribution in [0.1, 0.15) is 15.9 Å². The van der Waals surface area contributed by atoms with E-state index in [0.29, 0.717) is 14.1 Å². The molecular formula is C12H8BBr2Cl2N2O3. The van der Waals surface area contributed by atoms with Crippen LogP contribution in [0.2, 0.25) is 10.3 Å². The first-order valence-electron chi connectivity index (χ1n) is 5.30. The SMILES string of the molecule is O=C(O)c1cnc(Cl)c(Br)c1.OCc1cnc(Cl)c(Br)c1.[B]. The molecule has 0 spiro atoms. The van der Waals surface area contributed by atoms with Gasteiger partial charge in [0.05, 0.1) is 21.1 Å². The summed E-state index contributed by atoms with van der Waals surface area (Å²) in [6, 6.07) is 3.13. The van der Waals surface area contributed by atoms with Crippen LogP contribution in [-0.2, 0) is 6.61 Å². The minimum absolute atomic E-state index is 0. The third-order valence-electron chi connectivity index (χ3n) is 2.08. The molecule has 2 heterocycles. The average molecular weight is 470 g/mol. The van der Waals surface area contributed by atoms with Gasteiger partial charge in [0.2, 0.25) is 0 Å². The van der Waals surface area contributed by atoms with Gasteiger partial charge in [-0.2, -0.15) is 0 Å². The Morgan fingerprint density at radius 1 is 1.09 bits per heavy atom. The van der Waals surface area contributed by atoms with E-state index in [4.69, 9.17) is 33.4 Å². The second-order valence-electron chi connectivity index (χ2n) is 3.58. The predicted molar refractivity (Wildman–Crippen MR) is 92.5 cm³/mol. The maximum atomic E-state index is 10.4. The van der Waals surface area contributed by atoms with Gasteiger partial charge >= 0.3 is 5.97 Å². The summed E-state index contributed by atoms with van der Waals surface area (Å²) in [7, 11) is 0. The number of hydrogen-bond donors (Lipinski definition) is 2. The zero-order valence-corrected chi connectivity index (χ0v) is 15.5. The molecular weight excluding hydrogens is 462 g/mol. The molecule has 0 fully saturated rings. The number of aliphatic hydroxyl groups excluding tert-OH is 1. The summed E-state index contributed by atoms with van der Waals surface area (Å²) in [6.45, 7) is -0.0111. The van der Waals surface area contributed by atoms with Gasteiger partial charge in [0.15, 0.2) is 0 Å². The van der Waals surface area contributed by atoms with Crippen molar-refractivity contribution in [1.29, 1.82) is 0 Å². The molecule has 2 rings (SSSR count). The summed E-state index contributed by atoms with van der Waals surface area (Å²) in [4.78, 5) is 17.8. The van der Waals surface area contributed by atoms with Crippen LogP contribution in [0.15, 0.2) is 33.5 Å². The van der Waals surface area contributed by atoms with Crippen LogP contribution in [0.4, 0.5) is 0 Å². The number of nitrogens with zero attached hydrogens (tertiary/aromatic N) is 2. The fraction of sp³-hybridized carbons (Fsp3) is 0.0833. The Morgan fingerprint density at radius 3 is 2.00 bits per heavy atom. The number of carboxylic acid groups (broad SMARTS) is 1. The highest BCUT2D eigenvalue weighted by Crippen LogP contribution is 2.20. The number of carbonyl (C=O) groups is 1. The number of aromatic nitrogens is 2. The molecule has 115 valence electrons. The molecule has 0 aromatic carbocycles. The molecule has 10 heteroatoms. The lowest BCUT2D eigenvalue weighted by Gasteiger charge is -1.96. The van der Waals surface area contributed by atoms with Crippen LogP contribution in [0, 0.1) is 0 Å². The Morgan fingerprint density at radius 2 is 1.59 bits per heavy atom. The van der Waals surface area contributed by atoms with Gasteiger partial charge < -0.3 is 10.2 Å². The molecule has 0 atom stereocenters. The molecule has 2 N–H and O–H groups in total. The first kappa shape index (κ1) is 21.3. The maximum absolute atomic E-state index is 10.4. The smallest absolute Gasteiger partial charge is 0.337 e. The van der Waals surface area contributed by atoms with Gasteiger partial charge in [-0.05, 0) is 49.6 Å². The van der Waals surface area contributed by atoms with Crippen LogP contribution in [0.25, 0.3) is 0 Å². The largest absolute Gasteiger partial charge is 0.478 e. The molecule has 0 aliphatic rings. The Hall–Kier alpha value is -0.665. The maximum Gasteiger partial charge on any atom is 0.337 e. The zero-order chi connectivity index (χ0) is 16.0. The molecule has 0 saturated carbocycles. The van der Waals surface area contributed by atoms with Gasteiger partial charge in [-0.25, -0.2) is 14.8 Å². The van der Waals surface area contributed by atoms with Crippen LogP contribution in [0.5, 0.6) is 0 Å². The number of aliphatic hydroxyl groups is 1. The van der Waals surface area contributed by atoms with Crippen molar-refractivity contribution in [2.75, 3.05) is 0 Å². The number of carboxylic acids is 1. The molecule has 3 radical (unpaired) electrons. The Labute approximate surface area is 155 Å². The van der Waals surface area contributed by atoms with Crippen LogP contribution < -0.4 is 0 Å². The van der Waals surface area contributed by atoms with E-state index >= 15 is 0 Å². The summed E-state index contributed by atoms with van der Waals surface area (Å²) in [6.07, 6.45) is 2.74. The standard InChI is InChI=1S/C6H3BrClNO2.C6H5BrClNO.B/c7-4-1-3(6(10)11)2-9-5(4)8;7-5-1-4(3-10)2-9-6(5)8;/h1-2H,(H,10,11);1-2,10H,3H2;. The molecule has 0 aliphatic heterocycles. The Balaban J connectivity index is 0.000000385. The van der Waals surface area contributed by atoms with Crippen molar-refractivity contribution in [3.8, 4) is 0 Å². The highest BCUT2D eigenvalue weighted by atomic mass is 79.9. The fourth-order valence-electron chi connectivity index (χ4n) is 1.09. The van der Waals surface area contributed by atoms with Crippen molar-refractivity contribution in [3.05, 3.63) is 54.9 Å². The second-order valence-corrected chi connectivity index (χ2v) is 6.00. The molecule has 0 aliphatic carbocycles. The molecule has 0 saturated heterocycles. The van der Waals surface area contributed by atoms with E-state index < -0.39 is 5.97 Å². The van der Waals surface area contributed by atoms with Crippen molar-refractivity contribution < 1.29 is 15.0 Å². The Kier molecular flexibility index (Phi) is 9.87. The number of pyridine rings is 2. The first-order valence-corrected chi connectivity index (χ1v) is 7.64. The van der Waals surface area contributed by atoms with Crippen LogP contribution in [0.3, 0.4) is 0 Å². The lowest BCUT2D eigenvalue weighted by atomic mass is 10.3. The van der Waals surface area contributed by atoms with E-state index in [1.807, 2.05) is 0 Å². The summed E-state index contributed by atoms with van der Waals surface area (Å²) in [5, 5.41) is 17.8. The Bertz CT molecular complexity index is 662. The second kappa shape index (κ2) is 10.2. The third-order valence-corrected chi connectivity index (χ3v) is 4.35. The monoisotopic (exact) mass is 467 g/mol. The molecule has 22 heavy (non-hydrogen) atoms. The summed E-state index contributed by atoms with van der Waals surface area (Å²) in [5.74, 6) is -1.02. The molecule has 5 nitrogen and oxygen atoms in total. The van der Waals surface area contributed by atoms with Gasteiger partial charge in [-0.1, -0.05) is 23.2 Å². The topological polar surface area (TPSA) is 83.3 Å². The van der Waals surface area contributed by atoms with Crippen molar-refractivity contribution in [2.45, 2.75) is 6.61 Å². The fourth-order valence-corrected chi connectivity index (χ4v) is 2.04. The van der Waals surface area contributed by atoms with E-state index in [2.05, 4.69) is 41.8 Å². The lowest BCUT2D eigenvalue weighted by molar-refractivity contribution is 0.0696. The summed E-state index contributed by atoms with van der Waals surface area (Å²) >= 11 is 17.4. The van der Waals surface area contributed by atoms with Gasteiger partial charge in [-0.3, -0.25) is 0 Å². The molecule has 0 unspecified atom stereocenters. The lowest BCUT2D eigenvalue weighted by Crippen LogP contribution is -1.96. The van der Waals surface area contributed by atoms with Gasteiger partial charge in [-0.15, -0.1) is 0 Å². The molecule has 0 amide bonds. The van der Waals surface area contributed by atoms with Gasteiger partial charge in [0.25, 0.3) is 0 Å². The van der Waals surface area contributed by atoms with Crippen LogP contribution in [-0.4, -0.2) is 34.6 Å². The highest BCUT2D eigenvalue weighted by molar-refractivity contribution is 9.10. The van der Waals surface area contributed by atoms with Gasteiger partial charge in [0.1, 0.15) is 10.3 Å². The van der Waals surface area contributed by atoms with Gasteiger partial charge in [0, 0.05) is 20.8 Å². The van der Waals surface area contributed by atoms with Crippen molar-refractivity contribution in [3.63, 3.8) is 0 Å². The highest BCUT2D eigenvalue weighted by Gasteiger charge is 2.05. The molecule has 0 bridgehead atoms. The third kappa shape index (κ3) is 6.62. The van der Waals surface area contributed by atoms with E-state index in [9.17, 15) is 4.79 Å². The minimum atomic E-state index is -1.02. The van der Waals surface area contributed by atoms with Crippen molar-refractivity contribution in [1.82, 2.24) is 9.97 Å². The number of rotatable bonds is 2. The number of aromatic carboxylic acids is 1. The number of halogens is 4. The van der Waals surface area contributed by atoms with Crippen molar-refractivity contribution in [2.24, 2.45) is 0 Å². The predicted octanol–water partition coefficient (Wildman–Crippen LogP) is 3.80. The van der Waals surface area contributed by atoms with Crippen LogP contribution >= 0.6 is 55.1 Å². The van der Waals surface area contributed by atoms with Crippen molar-refractivity contribution >= 4 is 69.4 Å². The van der Waals surface area contributed by atoms with E-state index in [-0.39, 0.29) is 25.7 Å². The minimum Gasteiger partial charge on any atom is -0.478 e. The quantitative estimate of drug-likeness (QED) is 0.516.